The first-order chi connectivity index (χ1) is 12.2. The SMILES string of the molecule is O=C(c1ccccc1)N1N=C(c2ccc(Cl)cc2)C[C@@H]1c1ccco1. The minimum absolute atomic E-state index is 0.147. The zero-order valence-electron chi connectivity index (χ0n) is 13.3. The molecule has 0 radical (unpaired) electrons. The predicted molar refractivity (Wildman–Crippen MR) is 96.7 cm³/mol. The van der Waals surface area contributed by atoms with Crippen molar-refractivity contribution in [1.29, 1.82) is 0 Å². The predicted octanol–water partition coefficient (Wildman–Crippen LogP) is 4.92. The molecule has 124 valence electrons. The summed E-state index contributed by atoms with van der Waals surface area (Å²) in [5.41, 5.74) is 2.38. The second kappa shape index (κ2) is 6.57. The van der Waals surface area contributed by atoms with Crippen molar-refractivity contribution < 1.29 is 9.21 Å². The molecule has 1 amide bonds. The van der Waals surface area contributed by atoms with Crippen LogP contribution in [0, 0.1) is 0 Å². The number of halogens is 1. The van der Waals surface area contributed by atoms with Gasteiger partial charge in [-0.15, -0.1) is 0 Å². The Morgan fingerprint density at radius 1 is 1.04 bits per heavy atom. The highest BCUT2D eigenvalue weighted by Gasteiger charge is 2.35. The van der Waals surface area contributed by atoms with Crippen LogP contribution >= 0.6 is 11.6 Å². The van der Waals surface area contributed by atoms with Gasteiger partial charge >= 0.3 is 0 Å². The second-order valence-electron chi connectivity index (χ2n) is 5.80. The summed E-state index contributed by atoms with van der Waals surface area (Å²) in [6, 6.07) is 20.1. The van der Waals surface area contributed by atoms with Crippen molar-refractivity contribution in [2.24, 2.45) is 5.10 Å². The Morgan fingerprint density at radius 3 is 2.48 bits per heavy atom. The van der Waals surface area contributed by atoms with Crippen LogP contribution in [-0.2, 0) is 0 Å². The standard InChI is InChI=1S/C20H15ClN2O2/c21-16-10-8-14(9-11-16)17-13-18(19-7-4-12-25-19)23(22-17)20(24)15-5-2-1-3-6-15/h1-12,18H,13H2/t18-/m1/s1. The van der Waals surface area contributed by atoms with Gasteiger partial charge in [0.25, 0.3) is 5.91 Å². The number of carbonyl (C=O) groups excluding carboxylic acids is 1. The first-order valence-electron chi connectivity index (χ1n) is 7.98. The largest absolute Gasteiger partial charge is 0.467 e. The number of hydrogen-bond acceptors (Lipinski definition) is 3. The van der Waals surface area contributed by atoms with E-state index in [9.17, 15) is 4.79 Å². The fourth-order valence-electron chi connectivity index (χ4n) is 2.93. The van der Waals surface area contributed by atoms with Crippen LogP contribution in [0.1, 0.15) is 34.1 Å². The number of benzene rings is 2. The maximum atomic E-state index is 12.9. The van der Waals surface area contributed by atoms with Crippen molar-refractivity contribution in [3.8, 4) is 0 Å². The van der Waals surface area contributed by atoms with Crippen LogP contribution in [0.5, 0.6) is 0 Å². The molecule has 0 saturated carbocycles. The lowest BCUT2D eigenvalue weighted by atomic mass is 10.0. The molecule has 0 N–H and O–H groups in total. The number of nitrogens with zero attached hydrogens (tertiary/aromatic N) is 2. The van der Waals surface area contributed by atoms with E-state index >= 15 is 0 Å². The fraction of sp³-hybridized carbons (Fsp3) is 0.100. The molecule has 5 heteroatoms. The van der Waals surface area contributed by atoms with Crippen molar-refractivity contribution in [2.45, 2.75) is 12.5 Å². The van der Waals surface area contributed by atoms with Crippen LogP contribution in [0.25, 0.3) is 0 Å². The van der Waals surface area contributed by atoms with E-state index in [-0.39, 0.29) is 11.9 Å². The highest BCUT2D eigenvalue weighted by molar-refractivity contribution is 6.30. The molecular formula is C20H15ClN2O2. The third-order valence-corrected chi connectivity index (χ3v) is 4.44. The topological polar surface area (TPSA) is 45.8 Å². The molecule has 4 rings (SSSR count). The highest BCUT2D eigenvalue weighted by atomic mass is 35.5. The van der Waals surface area contributed by atoms with E-state index in [1.165, 1.54) is 5.01 Å². The van der Waals surface area contributed by atoms with Gasteiger partial charge in [0, 0.05) is 17.0 Å². The lowest BCUT2D eigenvalue weighted by molar-refractivity contribution is 0.0693. The fourth-order valence-corrected chi connectivity index (χ4v) is 3.06. The molecule has 0 bridgehead atoms. The van der Waals surface area contributed by atoms with Gasteiger partial charge in [0.05, 0.1) is 12.0 Å². The van der Waals surface area contributed by atoms with Crippen molar-refractivity contribution >= 4 is 23.2 Å². The number of hydrazone groups is 1. The zero-order valence-corrected chi connectivity index (χ0v) is 14.1. The van der Waals surface area contributed by atoms with Gasteiger partial charge in [-0.3, -0.25) is 4.79 Å². The molecule has 0 unspecified atom stereocenters. The molecule has 25 heavy (non-hydrogen) atoms. The van der Waals surface area contributed by atoms with Crippen LogP contribution in [-0.4, -0.2) is 16.6 Å². The Bertz CT molecular complexity index is 903. The summed E-state index contributed by atoms with van der Waals surface area (Å²) < 4.78 is 5.55. The van der Waals surface area contributed by atoms with E-state index in [0.717, 1.165) is 17.0 Å². The third kappa shape index (κ3) is 3.08. The van der Waals surface area contributed by atoms with E-state index in [0.29, 0.717) is 17.0 Å². The molecule has 1 atom stereocenters. The van der Waals surface area contributed by atoms with Crippen LogP contribution in [0.4, 0.5) is 0 Å². The summed E-state index contributed by atoms with van der Waals surface area (Å²) in [5.74, 6) is 0.572. The van der Waals surface area contributed by atoms with Crippen molar-refractivity contribution in [1.82, 2.24) is 5.01 Å². The first kappa shape index (κ1) is 15.7. The molecular weight excluding hydrogens is 336 g/mol. The van der Waals surface area contributed by atoms with Gasteiger partial charge in [-0.2, -0.15) is 5.10 Å². The Kier molecular flexibility index (Phi) is 4.12. The van der Waals surface area contributed by atoms with Gasteiger partial charge in [-0.25, -0.2) is 5.01 Å². The second-order valence-corrected chi connectivity index (χ2v) is 6.24. The van der Waals surface area contributed by atoms with Crippen molar-refractivity contribution in [3.05, 3.63) is 94.9 Å². The minimum atomic E-state index is -0.256. The van der Waals surface area contributed by atoms with Crippen molar-refractivity contribution in [3.63, 3.8) is 0 Å². The molecule has 0 aliphatic carbocycles. The number of rotatable bonds is 3. The molecule has 0 saturated heterocycles. The molecule has 2 heterocycles. The van der Waals surface area contributed by atoms with E-state index < -0.39 is 0 Å². The summed E-state index contributed by atoms with van der Waals surface area (Å²) >= 11 is 5.97. The summed E-state index contributed by atoms with van der Waals surface area (Å²) in [4.78, 5) is 12.9. The number of carbonyl (C=O) groups is 1. The monoisotopic (exact) mass is 350 g/mol. The lowest BCUT2D eigenvalue weighted by Gasteiger charge is -2.19. The van der Waals surface area contributed by atoms with Gasteiger partial charge in [0.2, 0.25) is 0 Å². The maximum absolute atomic E-state index is 12.9. The quantitative estimate of drug-likeness (QED) is 0.672. The lowest BCUT2D eigenvalue weighted by Crippen LogP contribution is -2.26. The summed E-state index contributed by atoms with van der Waals surface area (Å²) in [6.07, 6.45) is 2.20. The minimum Gasteiger partial charge on any atom is -0.467 e. The average molecular weight is 351 g/mol. The summed E-state index contributed by atoms with van der Waals surface area (Å²) in [5, 5.41) is 6.78. The van der Waals surface area contributed by atoms with Gasteiger partial charge < -0.3 is 4.42 Å². The third-order valence-electron chi connectivity index (χ3n) is 4.19. The van der Waals surface area contributed by atoms with Gasteiger partial charge in [0.15, 0.2) is 0 Å². The highest BCUT2D eigenvalue weighted by Crippen LogP contribution is 2.34. The van der Waals surface area contributed by atoms with Gasteiger partial charge in [-0.05, 0) is 42.0 Å². The van der Waals surface area contributed by atoms with E-state index in [1.54, 1.807) is 18.4 Å². The molecule has 0 spiro atoms. The average Bonchev–Trinajstić information content (AvgIpc) is 3.32. The van der Waals surface area contributed by atoms with E-state index in [4.69, 9.17) is 16.0 Å². The number of amides is 1. The normalized spacial score (nSPS) is 16.8. The van der Waals surface area contributed by atoms with Crippen LogP contribution in [0.15, 0.2) is 82.5 Å². The van der Waals surface area contributed by atoms with Crippen LogP contribution in [0.3, 0.4) is 0 Å². The summed E-state index contributed by atoms with van der Waals surface area (Å²) in [6.45, 7) is 0. The molecule has 1 aromatic heterocycles. The number of furan rings is 1. The Labute approximate surface area is 150 Å². The number of hydrogen-bond donors (Lipinski definition) is 0. The Balaban J connectivity index is 1.71. The smallest absolute Gasteiger partial charge is 0.274 e. The molecule has 4 nitrogen and oxygen atoms in total. The zero-order chi connectivity index (χ0) is 17.2. The van der Waals surface area contributed by atoms with Crippen LogP contribution in [0.2, 0.25) is 5.02 Å². The van der Waals surface area contributed by atoms with Crippen molar-refractivity contribution in [2.75, 3.05) is 0 Å². The Morgan fingerprint density at radius 2 is 1.80 bits per heavy atom. The molecule has 0 fully saturated rings. The molecule has 1 aliphatic heterocycles. The van der Waals surface area contributed by atoms with Gasteiger partial charge in [0.1, 0.15) is 11.8 Å². The van der Waals surface area contributed by atoms with Gasteiger partial charge in [-0.1, -0.05) is 41.9 Å². The Hall–Kier alpha value is -2.85. The maximum Gasteiger partial charge on any atom is 0.274 e. The molecule has 3 aromatic rings. The molecule has 2 aromatic carbocycles. The van der Waals surface area contributed by atoms with E-state index in [2.05, 4.69) is 5.10 Å². The van der Waals surface area contributed by atoms with Crippen LogP contribution < -0.4 is 0 Å². The first-order valence-corrected chi connectivity index (χ1v) is 8.35. The summed E-state index contributed by atoms with van der Waals surface area (Å²) in [7, 11) is 0. The molecule has 1 aliphatic rings. The van der Waals surface area contributed by atoms with E-state index in [1.807, 2.05) is 54.6 Å².